The zero-order chi connectivity index (χ0) is 17.3. The van der Waals surface area contributed by atoms with Gasteiger partial charge in [0.1, 0.15) is 5.75 Å². The Balaban J connectivity index is 1.65. The van der Waals surface area contributed by atoms with Crippen molar-refractivity contribution >= 4 is 27.3 Å². The van der Waals surface area contributed by atoms with Crippen LogP contribution in [0, 0.1) is 0 Å². The molecule has 2 fully saturated rings. The van der Waals surface area contributed by atoms with Gasteiger partial charge < -0.3 is 9.64 Å². The molecule has 1 amide bonds. The topological polar surface area (TPSA) is 66.9 Å². The van der Waals surface area contributed by atoms with Gasteiger partial charge in [0.25, 0.3) is 5.91 Å². The Morgan fingerprint density at radius 1 is 1.25 bits per heavy atom. The number of nitrogens with zero attached hydrogens (tertiary/aromatic N) is 2. The molecule has 2 heterocycles. The Morgan fingerprint density at radius 3 is 2.54 bits per heavy atom. The van der Waals surface area contributed by atoms with E-state index in [4.69, 9.17) is 16.3 Å². The normalized spacial score (nSPS) is 24.1. The van der Waals surface area contributed by atoms with Crippen molar-refractivity contribution < 1.29 is 17.9 Å². The summed E-state index contributed by atoms with van der Waals surface area (Å²) in [5, 5.41) is 0.494. The summed E-state index contributed by atoms with van der Waals surface area (Å²) in [5.74, 6) is 0.918. The van der Waals surface area contributed by atoms with Gasteiger partial charge in [0.2, 0.25) is 0 Å². The molecule has 1 atom stereocenters. The predicted octanol–water partition coefficient (Wildman–Crippen LogP) is 1.29. The fraction of sp³-hybridized carbons (Fsp3) is 0.562. The molecule has 1 aromatic rings. The fourth-order valence-electron chi connectivity index (χ4n) is 3.37. The molecule has 0 spiro atoms. The van der Waals surface area contributed by atoms with E-state index in [0.717, 1.165) is 0 Å². The molecule has 0 saturated carbocycles. The van der Waals surface area contributed by atoms with Gasteiger partial charge in [-0.1, -0.05) is 11.6 Å². The Hall–Kier alpha value is -1.31. The van der Waals surface area contributed by atoms with Crippen LogP contribution in [-0.2, 0) is 9.84 Å². The molecule has 3 rings (SSSR count). The minimum atomic E-state index is -2.88. The average Bonchev–Trinajstić information content (AvgIpc) is 2.94. The van der Waals surface area contributed by atoms with Gasteiger partial charge in [0.05, 0.1) is 24.2 Å². The molecule has 6 nitrogen and oxygen atoms in total. The van der Waals surface area contributed by atoms with E-state index < -0.39 is 9.84 Å². The van der Waals surface area contributed by atoms with Crippen LogP contribution in [0.1, 0.15) is 16.8 Å². The standard InChI is InChI=1S/C16H21ClN2O4S/c1-23-15-3-2-12(17)10-14(15)16(20)19-7-5-18(6-8-19)13-4-9-24(21,22)11-13/h2-3,10,13H,4-9,11H2,1H3/t13-/m0/s1. The largest absolute Gasteiger partial charge is 0.496 e. The maximum Gasteiger partial charge on any atom is 0.257 e. The number of methoxy groups -OCH3 is 1. The fourth-order valence-corrected chi connectivity index (χ4v) is 5.30. The number of carbonyl (C=O) groups is 1. The summed E-state index contributed by atoms with van der Waals surface area (Å²) < 4.78 is 28.5. The van der Waals surface area contributed by atoms with E-state index in [9.17, 15) is 13.2 Å². The molecule has 2 aliphatic rings. The Labute approximate surface area is 147 Å². The van der Waals surface area contributed by atoms with E-state index in [2.05, 4.69) is 4.90 Å². The van der Waals surface area contributed by atoms with Crippen LogP contribution in [0.2, 0.25) is 5.02 Å². The van der Waals surface area contributed by atoms with Crippen LogP contribution in [0.4, 0.5) is 0 Å². The summed E-state index contributed by atoms with van der Waals surface area (Å²) in [6, 6.07) is 5.09. The molecule has 1 aromatic carbocycles. The minimum Gasteiger partial charge on any atom is -0.496 e. The van der Waals surface area contributed by atoms with Crippen molar-refractivity contribution in [1.82, 2.24) is 9.80 Å². The summed E-state index contributed by atoms with van der Waals surface area (Å²) >= 11 is 6.00. The number of halogens is 1. The van der Waals surface area contributed by atoms with Crippen LogP contribution >= 0.6 is 11.6 Å². The van der Waals surface area contributed by atoms with Gasteiger partial charge in [-0.2, -0.15) is 0 Å². The molecule has 0 aliphatic carbocycles. The molecule has 0 unspecified atom stereocenters. The number of amides is 1. The first-order valence-electron chi connectivity index (χ1n) is 7.97. The lowest BCUT2D eigenvalue weighted by molar-refractivity contribution is 0.0585. The molecule has 2 aliphatic heterocycles. The molecule has 132 valence electrons. The highest BCUT2D eigenvalue weighted by atomic mass is 35.5. The third-order valence-corrected chi connectivity index (χ3v) is 6.70. The summed E-state index contributed by atoms with van der Waals surface area (Å²) in [6.45, 7) is 2.53. The maximum absolute atomic E-state index is 12.7. The zero-order valence-electron chi connectivity index (χ0n) is 13.6. The second-order valence-corrected chi connectivity index (χ2v) is 8.89. The second kappa shape index (κ2) is 6.90. The van der Waals surface area contributed by atoms with Crippen molar-refractivity contribution in [3.63, 3.8) is 0 Å². The third-order valence-electron chi connectivity index (χ3n) is 4.72. The number of piperazine rings is 1. The van der Waals surface area contributed by atoms with Gasteiger partial charge in [-0.3, -0.25) is 9.69 Å². The van der Waals surface area contributed by atoms with Crippen LogP contribution in [0.3, 0.4) is 0 Å². The number of carbonyl (C=O) groups excluding carboxylic acids is 1. The van der Waals surface area contributed by atoms with E-state index in [1.807, 2.05) is 0 Å². The van der Waals surface area contributed by atoms with Gasteiger partial charge in [-0.05, 0) is 24.6 Å². The molecule has 2 saturated heterocycles. The number of ether oxygens (including phenoxy) is 1. The van der Waals surface area contributed by atoms with Crippen molar-refractivity contribution in [3.8, 4) is 5.75 Å². The van der Waals surface area contributed by atoms with Crippen LogP contribution < -0.4 is 4.74 Å². The average molecular weight is 373 g/mol. The molecule has 0 aromatic heterocycles. The van der Waals surface area contributed by atoms with Crippen LogP contribution in [0.25, 0.3) is 0 Å². The lowest BCUT2D eigenvalue weighted by Gasteiger charge is -2.37. The van der Waals surface area contributed by atoms with E-state index in [1.54, 1.807) is 23.1 Å². The first kappa shape index (κ1) is 17.5. The highest BCUT2D eigenvalue weighted by Crippen LogP contribution is 2.25. The van der Waals surface area contributed by atoms with Crippen LogP contribution in [0.5, 0.6) is 5.75 Å². The van der Waals surface area contributed by atoms with Crippen LogP contribution in [-0.4, -0.2) is 75.0 Å². The van der Waals surface area contributed by atoms with E-state index >= 15 is 0 Å². The summed E-state index contributed by atoms with van der Waals surface area (Å²) in [6.07, 6.45) is 0.693. The van der Waals surface area contributed by atoms with Gasteiger partial charge in [0.15, 0.2) is 9.84 Å². The monoisotopic (exact) mass is 372 g/mol. The number of rotatable bonds is 3. The first-order valence-corrected chi connectivity index (χ1v) is 10.2. The molecule has 0 bridgehead atoms. The lowest BCUT2D eigenvalue weighted by Crippen LogP contribution is -2.52. The maximum atomic E-state index is 12.7. The SMILES string of the molecule is COc1ccc(Cl)cc1C(=O)N1CCN([C@H]2CCS(=O)(=O)C2)CC1. The van der Waals surface area contributed by atoms with Gasteiger partial charge in [-0.25, -0.2) is 8.42 Å². The highest BCUT2D eigenvalue weighted by molar-refractivity contribution is 7.91. The third kappa shape index (κ3) is 3.68. The van der Waals surface area contributed by atoms with E-state index in [0.29, 0.717) is 48.9 Å². The first-order chi connectivity index (χ1) is 11.4. The van der Waals surface area contributed by atoms with Gasteiger partial charge in [-0.15, -0.1) is 0 Å². The number of sulfone groups is 1. The molecule has 0 N–H and O–H groups in total. The summed E-state index contributed by atoms with van der Waals surface area (Å²) in [4.78, 5) is 16.7. The number of hydrogen-bond donors (Lipinski definition) is 0. The summed E-state index contributed by atoms with van der Waals surface area (Å²) in [5.41, 5.74) is 0.460. The Morgan fingerprint density at radius 2 is 1.96 bits per heavy atom. The molecular weight excluding hydrogens is 352 g/mol. The van der Waals surface area contributed by atoms with E-state index in [-0.39, 0.29) is 23.5 Å². The summed E-state index contributed by atoms with van der Waals surface area (Å²) in [7, 11) is -1.36. The lowest BCUT2D eigenvalue weighted by atomic mass is 10.1. The van der Waals surface area contributed by atoms with Gasteiger partial charge in [0, 0.05) is 37.2 Å². The quantitative estimate of drug-likeness (QED) is 0.800. The molecule has 8 heteroatoms. The zero-order valence-corrected chi connectivity index (χ0v) is 15.1. The Bertz CT molecular complexity index is 730. The van der Waals surface area contributed by atoms with E-state index in [1.165, 1.54) is 7.11 Å². The van der Waals surface area contributed by atoms with Crippen molar-refractivity contribution in [3.05, 3.63) is 28.8 Å². The molecular formula is C16H21ClN2O4S. The van der Waals surface area contributed by atoms with Crippen molar-refractivity contribution in [2.24, 2.45) is 0 Å². The van der Waals surface area contributed by atoms with Crippen molar-refractivity contribution in [2.75, 3.05) is 44.8 Å². The number of hydrogen-bond acceptors (Lipinski definition) is 5. The highest BCUT2D eigenvalue weighted by Gasteiger charge is 2.34. The van der Waals surface area contributed by atoms with Crippen molar-refractivity contribution in [2.45, 2.75) is 12.5 Å². The predicted molar refractivity (Wildman–Crippen MR) is 92.5 cm³/mol. The smallest absolute Gasteiger partial charge is 0.257 e. The van der Waals surface area contributed by atoms with Crippen molar-refractivity contribution in [1.29, 1.82) is 0 Å². The molecule has 24 heavy (non-hydrogen) atoms. The van der Waals surface area contributed by atoms with Crippen LogP contribution in [0.15, 0.2) is 18.2 Å². The minimum absolute atomic E-state index is 0.0907. The number of benzene rings is 1. The van der Waals surface area contributed by atoms with Gasteiger partial charge >= 0.3 is 0 Å². The Kier molecular flexibility index (Phi) is 5.03. The second-order valence-electron chi connectivity index (χ2n) is 6.23. The molecule has 0 radical (unpaired) electrons.